The second kappa shape index (κ2) is 10.1. The largest absolute Gasteiger partial charge is 0.484 e. The fourth-order valence-corrected chi connectivity index (χ4v) is 3.34. The van der Waals surface area contributed by atoms with Crippen molar-refractivity contribution < 1.29 is 18.8 Å². The van der Waals surface area contributed by atoms with E-state index in [0.717, 1.165) is 24.8 Å². The number of non-ortho nitro benzene ring substituents is 1. The molecule has 8 nitrogen and oxygen atoms in total. The number of nitrogens with zero attached hydrogens (tertiary/aromatic N) is 2. The molecule has 1 fully saturated rings. The van der Waals surface area contributed by atoms with Crippen molar-refractivity contribution in [2.24, 2.45) is 0 Å². The Morgan fingerprint density at radius 2 is 1.90 bits per heavy atom. The molecule has 2 N–H and O–H groups in total. The van der Waals surface area contributed by atoms with Crippen molar-refractivity contribution in [3.8, 4) is 5.75 Å². The van der Waals surface area contributed by atoms with Gasteiger partial charge in [0.25, 0.3) is 11.6 Å². The van der Waals surface area contributed by atoms with Crippen LogP contribution >= 0.6 is 0 Å². The van der Waals surface area contributed by atoms with E-state index in [2.05, 4.69) is 10.9 Å². The summed E-state index contributed by atoms with van der Waals surface area (Å²) in [6.07, 6.45) is 2.62. The summed E-state index contributed by atoms with van der Waals surface area (Å²) in [6.45, 7) is 0.478. The maximum atomic E-state index is 13.1. The van der Waals surface area contributed by atoms with Crippen LogP contribution in [0.25, 0.3) is 0 Å². The number of hydrogen-bond donors (Lipinski definition) is 2. The van der Waals surface area contributed by atoms with Crippen LogP contribution in [0.15, 0.2) is 48.5 Å². The SMILES string of the molecule is CN(CCCC1CC(c2ccc(F)cc2)NN1)C(=O)COc1ccc([N+](=O)[O-])cc1. The summed E-state index contributed by atoms with van der Waals surface area (Å²) in [6, 6.07) is 12.5. The highest BCUT2D eigenvalue weighted by Gasteiger charge is 2.24. The Kier molecular flexibility index (Phi) is 7.31. The lowest BCUT2D eigenvalue weighted by molar-refractivity contribution is -0.384. The maximum Gasteiger partial charge on any atom is 0.269 e. The van der Waals surface area contributed by atoms with E-state index in [9.17, 15) is 19.3 Å². The molecule has 30 heavy (non-hydrogen) atoms. The minimum absolute atomic E-state index is 0.0255. The van der Waals surface area contributed by atoms with Crippen LogP contribution in [-0.4, -0.2) is 42.0 Å². The summed E-state index contributed by atoms with van der Waals surface area (Å²) in [5, 5.41) is 10.6. The van der Waals surface area contributed by atoms with Crippen LogP contribution < -0.4 is 15.6 Å². The molecule has 2 unspecified atom stereocenters. The molecular weight excluding hydrogens is 391 g/mol. The molecule has 0 aliphatic carbocycles. The number of hydrogen-bond acceptors (Lipinski definition) is 6. The topological polar surface area (TPSA) is 96.7 Å². The molecule has 2 aromatic carbocycles. The summed E-state index contributed by atoms with van der Waals surface area (Å²) >= 11 is 0. The van der Waals surface area contributed by atoms with Crippen LogP contribution in [0.3, 0.4) is 0 Å². The minimum Gasteiger partial charge on any atom is -0.484 e. The average molecular weight is 416 g/mol. The van der Waals surface area contributed by atoms with Gasteiger partial charge in [0.15, 0.2) is 6.61 Å². The summed E-state index contributed by atoms with van der Waals surface area (Å²) < 4.78 is 18.5. The number of nitrogens with one attached hydrogen (secondary N) is 2. The van der Waals surface area contributed by atoms with Crippen LogP contribution in [0.5, 0.6) is 5.75 Å². The molecule has 0 radical (unpaired) electrons. The Balaban J connectivity index is 1.35. The van der Waals surface area contributed by atoms with E-state index in [1.165, 1.54) is 36.4 Å². The molecule has 3 rings (SSSR count). The Morgan fingerprint density at radius 3 is 2.57 bits per heavy atom. The Morgan fingerprint density at radius 1 is 1.20 bits per heavy atom. The van der Waals surface area contributed by atoms with Gasteiger partial charge in [0.1, 0.15) is 11.6 Å². The third-order valence-corrected chi connectivity index (χ3v) is 5.14. The van der Waals surface area contributed by atoms with Crippen LogP contribution in [0.4, 0.5) is 10.1 Å². The maximum absolute atomic E-state index is 13.1. The van der Waals surface area contributed by atoms with Gasteiger partial charge in [-0.25, -0.2) is 4.39 Å². The van der Waals surface area contributed by atoms with Crippen molar-refractivity contribution in [1.29, 1.82) is 0 Å². The zero-order valence-electron chi connectivity index (χ0n) is 16.7. The smallest absolute Gasteiger partial charge is 0.269 e. The van der Waals surface area contributed by atoms with Gasteiger partial charge in [0, 0.05) is 37.8 Å². The number of amides is 1. The molecule has 1 aliphatic rings. The normalized spacial score (nSPS) is 18.2. The summed E-state index contributed by atoms with van der Waals surface area (Å²) in [5.41, 5.74) is 7.52. The zero-order valence-corrected chi connectivity index (χ0v) is 16.7. The van der Waals surface area contributed by atoms with Gasteiger partial charge in [-0.3, -0.25) is 25.8 Å². The van der Waals surface area contributed by atoms with E-state index in [-0.39, 0.29) is 36.1 Å². The molecule has 0 bridgehead atoms. The second-order valence-electron chi connectivity index (χ2n) is 7.32. The lowest BCUT2D eigenvalue weighted by Gasteiger charge is -2.18. The zero-order chi connectivity index (χ0) is 21.5. The van der Waals surface area contributed by atoms with Gasteiger partial charge in [-0.2, -0.15) is 0 Å². The molecule has 2 atom stereocenters. The van der Waals surface area contributed by atoms with Gasteiger partial charge < -0.3 is 9.64 Å². The van der Waals surface area contributed by atoms with Gasteiger partial charge in [0.05, 0.1) is 4.92 Å². The molecule has 160 valence electrons. The molecule has 0 spiro atoms. The summed E-state index contributed by atoms with van der Waals surface area (Å²) in [5.74, 6) is 0.0111. The molecule has 9 heteroatoms. The fraction of sp³-hybridized carbons (Fsp3) is 0.381. The van der Waals surface area contributed by atoms with Crippen LogP contribution in [0.1, 0.15) is 30.9 Å². The van der Waals surface area contributed by atoms with Crippen LogP contribution in [0, 0.1) is 15.9 Å². The van der Waals surface area contributed by atoms with E-state index >= 15 is 0 Å². The van der Waals surface area contributed by atoms with E-state index in [0.29, 0.717) is 12.3 Å². The minimum atomic E-state index is -0.487. The predicted octanol–water partition coefficient (Wildman–Crippen LogP) is 2.96. The number of carbonyl (C=O) groups is 1. The number of carbonyl (C=O) groups excluding carboxylic acids is 1. The molecule has 2 aromatic rings. The van der Waals surface area contributed by atoms with Crippen molar-refractivity contribution >= 4 is 11.6 Å². The van der Waals surface area contributed by atoms with E-state index in [4.69, 9.17) is 4.74 Å². The molecule has 1 saturated heterocycles. The first-order chi connectivity index (χ1) is 14.4. The lowest BCUT2D eigenvalue weighted by Crippen LogP contribution is -2.34. The molecule has 0 saturated carbocycles. The van der Waals surface area contributed by atoms with Gasteiger partial charge in [0.2, 0.25) is 0 Å². The van der Waals surface area contributed by atoms with Gasteiger partial charge in [-0.05, 0) is 49.1 Å². The number of hydrazine groups is 1. The highest BCUT2D eigenvalue weighted by Crippen LogP contribution is 2.24. The van der Waals surface area contributed by atoms with E-state index < -0.39 is 4.92 Å². The standard InChI is InChI=1S/C21H25FN4O4/c1-25(21(27)14-30-19-10-8-18(9-11-19)26(28)29)12-2-3-17-13-20(24-23-17)15-4-6-16(22)7-5-15/h4-11,17,20,23-24H,2-3,12-14H2,1H3. The highest BCUT2D eigenvalue weighted by atomic mass is 19.1. The second-order valence-corrected chi connectivity index (χ2v) is 7.32. The van der Waals surface area contributed by atoms with E-state index in [1.807, 2.05) is 0 Å². The third kappa shape index (κ3) is 5.98. The Hall–Kier alpha value is -3.04. The number of likely N-dealkylation sites (N-methyl/N-ethyl adjacent to an activating group) is 1. The summed E-state index contributed by atoms with van der Waals surface area (Å²) in [4.78, 5) is 24.0. The molecule has 1 aliphatic heterocycles. The van der Waals surface area contributed by atoms with Crippen molar-refractivity contribution in [3.63, 3.8) is 0 Å². The number of nitro benzene ring substituents is 1. The van der Waals surface area contributed by atoms with Gasteiger partial charge >= 0.3 is 0 Å². The van der Waals surface area contributed by atoms with Crippen LogP contribution in [0.2, 0.25) is 0 Å². The molecule has 0 aromatic heterocycles. The number of ether oxygens (including phenoxy) is 1. The first-order valence-electron chi connectivity index (χ1n) is 9.80. The van der Waals surface area contributed by atoms with Gasteiger partial charge in [-0.15, -0.1) is 0 Å². The number of nitro groups is 1. The van der Waals surface area contributed by atoms with Crippen molar-refractivity contribution in [3.05, 3.63) is 70.0 Å². The molecular formula is C21H25FN4O4. The van der Waals surface area contributed by atoms with Crippen LogP contribution in [-0.2, 0) is 4.79 Å². The Bertz CT molecular complexity index is 860. The molecule has 1 amide bonds. The summed E-state index contributed by atoms with van der Waals surface area (Å²) in [7, 11) is 1.73. The van der Waals surface area contributed by atoms with Crippen molar-refractivity contribution in [2.45, 2.75) is 31.3 Å². The number of halogens is 1. The quantitative estimate of drug-likeness (QED) is 0.482. The van der Waals surface area contributed by atoms with E-state index in [1.54, 1.807) is 24.1 Å². The monoisotopic (exact) mass is 416 g/mol. The number of rotatable bonds is 9. The molecule has 1 heterocycles. The average Bonchev–Trinajstić information content (AvgIpc) is 3.21. The predicted molar refractivity (Wildman–Crippen MR) is 109 cm³/mol. The highest BCUT2D eigenvalue weighted by molar-refractivity contribution is 5.77. The lowest BCUT2D eigenvalue weighted by atomic mass is 9.99. The van der Waals surface area contributed by atoms with Gasteiger partial charge in [-0.1, -0.05) is 12.1 Å². The first-order valence-corrected chi connectivity index (χ1v) is 9.80. The first kappa shape index (κ1) is 21.7. The third-order valence-electron chi connectivity index (χ3n) is 5.14. The van der Waals surface area contributed by atoms with Crippen molar-refractivity contribution in [2.75, 3.05) is 20.2 Å². The Labute approximate surface area is 174 Å². The van der Waals surface area contributed by atoms with Crippen molar-refractivity contribution in [1.82, 2.24) is 15.8 Å². The fourth-order valence-electron chi connectivity index (χ4n) is 3.34. The number of benzene rings is 2.